The smallest absolute Gasteiger partial charge is 0.257 e. The molecule has 1 amide bonds. The minimum Gasteiger partial charge on any atom is -0.373 e. The van der Waals surface area contributed by atoms with Crippen LogP contribution in [0.4, 0.5) is 0 Å². The van der Waals surface area contributed by atoms with Crippen LogP contribution in [0.15, 0.2) is 36.5 Å². The average Bonchev–Trinajstić information content (AvgIpc) is 3.38. The van der Waals surface area contributed by atoms with Gasteiger partial charge in [0, 0.05) is 26.1 Å². The standard InChI is InChI=1S/C20H26N4O2/c1-23-10-11-26-17(19(23)15-6-4-3-5-7-15)13-24(2)20(25)16-12-21-22-18(16)14-8-9-14/h3-7,12,14,17,19H,8-11,13H2,1-2H3,(H,21,22)/t17-,19-/m0/s1. The van der Waals surface area contributed by atoms with E-state index in [2.05, 4.69) is 46.4 Å². The van der Waals surface area contributed by atoms with Gasteiger partial charge in [0.15, 0.2) is 0 Å². The minimum absolute atomic E-state index is 0.0179. The third-order valence-corrected chi connectivity index (χ3v) is 5.43. The molecule has 6 heteroatoms. The zero-order valence-corrected chi connectivity index (χ0v) is 15.4. The topological polar surface area (TPSA) is 61.5 Å². The molecule has 2 atom stereocenters. The molecule has 2 aliphatic rings. The number of hydrogen-bond acceptors (Lipinski definition) is 4. The SMILES string of the molecule is CN(C[C@@H]1OCCN(C)[C@H]1c1ccccc1)C(=O)c1cn[nH]c1C1CC1. The van der Waals surface area contributed by atoms with E-state index < -0.39 is 0 Å². The molecule has 1 saturated heterocycles. The molecule has 1 aromatic heterocycles. The van der Waals surface area contributed by atoms with Gasteiger partial charge in [0.25, 0.3) is 5.91 Å². The first-order valence-electron chi connectivity index (χ1n) is 9.30. The van der Waals surface area contributed by atoms with Gasteiger partial charge in [-0.1, -0.05) is 30.3 Å². The van der Waals surface area contributed by atoms with Crippen molar-refractivity contribution in [1.82, 2.24) is 20.0 Å². The van der Waals surface area contributed by atoms with E-state index in [4.69, 9.17) is 4.74 Å². The van der Waals surface area contributed by atoms with Crippen molar-refractivity contribution in [3.05, 3.63) is 53.3 Å². The monoisotopic (exact) mass is 354 g/mol. The van der Waals surface area contributed by atoms with Gasteiger partial charge in [-0.2, -0.15) is 5.10 Å². The Kier molecular flexibility index (Phi) is 4.78. The molecule has 1 N–H and O–H groups in total. The average molecular weight is 354 g/mol. The summed E-state index contributed by atoms with van der Waals surface area (Å²) in [6.45, 7) is 2.13. The number of ether oxygens (including phenoxy) is 1. The molecule has 0 radical (unpaired) electrons. The number of likely N-dealkylation sites (N-methyl/N-ethyl adjacent to an activating group) is 2. The van der Waals surface area contributed by atoms with E-state index in [1.165, 1.54) is 5.56 Å². The van der Waals surface area contributed by atoms with Crippen molar-refractivity contribution in [3.63, 3.8) is 0 Å². The molecule has 0 spiro atoms. The first-order chi connectivity index (χ1) is 12.6. The summed E-state index contributed by atoms with van der Waals surface area (Å²) in [5, 5.41) is 7.11. The number of aromatic nitrogens is 2. The third-order valence-electron chi connectivity index (χ3n) is 5.43. The second-order valence-corrected chi connectivity index (χ2v) is 7.40. The highest BCUT2D eigenvalue weighted by Crippen LogP contribution is 2.40. The van der Waals surface area contributed by atoms with Gasteiger partial charge >= 0.3 is 0 Å². The molecule has 6 nitrogen and oxygen atoms in total. The molecule has 0 bridgehead atoms. The van der Waals surface area contributed by atoms with Crippen LogP contribution in [0.3, 0.4) is 0 Å². The molecule has 1 aliphatic heterocycles. The maximum Gasteiger partial charge on any atom is 0.257 e. The number of morpholine rings is 1. The molecule has 2 fully saturated rings. The summed E-state index contributed by atoms with van der Waals surface area (Å²) in [5.41, 5.74) is 2.92. The van der Waals surface area contributed by atoms with Crippen molar-refractivity contribution < 1.29 is 9.53 Å². The van der Waals surface area contributed by atoms with Crippen LogP contribution in [0.5, 0.6) is 0 Å². The van der Waals surface area contributed by atoms with Crippen LogP contribution in [-0.2, 0) is 4.74 Å². The molecule has 26 heavy (non-hydrogen) atoms. The highest BCUT2D eigenvalue weighted by molar-refractivity contribution is 5.95. The van der Waals surface area contributed by atoms with Crippen LogP contribution >= 0.6 is 0 Å². The van der Waals surface area contributed by atoms with Gasteiger partial charge in [0.1, 0.15) is 0 Å². The number of hydrogen-bond donors (Lipinski definition) is 1. The Hall–Kier alpha value is -2.18. The highest BCUT2D eigenvalue weighted by Gasteiger charge is 2.35. The van der Waals surface area contributed by atoms with E-state index in [0.717, 1.165) is 25.1 Å². The van der Waals surface area contributed by atoms with Crippen LogP contribution in [0, 0.1) is 0 Å². The zero-order valence-electron chi connectivity index (χ0n) is 15.4. The molecule has 0 unspecified atom stereocenters. The van der Waals surface area contributed by atoms with Crippen molar-refractivity contribution in [2.24, 2.45) is 0 Å². The quantitative estimate of drug-likeness (QED) is 0.896. The van der Waals surface area contributed by atoms with Crippen molar-refractivity contribution in [2.75, 3.05) is 33.8 Å². The number of nitrogens with zero attached hydrogens (tertiary/aromatic N) is 3. The van der Waals surface area contributed by atoms with Crippen LogP contribution in [0.1, 0.15) is 46.4 Å². The van der Waals surface area contributed by atoms with Gasteiger partial charge in [0.05, 0.1) is 36.2 Å². The summed E-state index contributed by atoms with van der Waals surface area (Å²) >= 11 is 0. The largest absolute Gasteiger partial charge is 0.373 e. The van der Waals surface area contributed by atoms with Gasteiger partial charge in [-0.25, -0.2) is 0 Å². The number of rotatable bonds is 5. The zero-order chi connectivity index (χ0) is 18.1. The fraction of sp³-hybridized carbons (Fsp3) is 0.500. The Morgan fingerprint density at radius 3 is 2.85 bits per heavy atom. The lowest BCUT2D eigenvalue weighted by molar-refractivity contribution is -0.0707. The molecule has 2 aromatic rings. The molecule has 2 heterocycles. The number of H-pyrrole nitrogens is 1. The number of nitrogens with one attached hydrogen (secondary N) is 1. The van der Waals surface area contributed by atoms with Gasteiger partial charge in [-0.3, -0.25) is 14.8 Å². The lowest BCUT2D eigenvalue weighted by atomic mass is 9.98. The maximum atomic E-state index is 13.0. The van der Waals surface area contributed by atoms with Gasteiger partial charge in [-0.15, -0.1) is 0 Å². The fourth-order valence-corrected chi connectivity index (χ4v) is 3.84. The summed E-state index contributed by atoms with van der Waals surface area (Å²) in [4.78, 5) is 17.0. The number of amides is 1. The van der Waals surface area contributed by atoms with Crippen LogP contribution in [0.2, 0.25) is 0 Å². The molecule has 138 valence electrons. The van der Waals surface area contributed by atoms with Crippen molar-refractivity contribution in [3.8, 4) is 0 Å². The Morgan fingerprint density at radius 1 is 1.35 bits per heavy atom. The fourth-order valence-electron chi connectivity index (χ4n) is 3.84. The number of aromatic amines is 1. The Labute approximate surface area is 154 Å². The van der Waals surface area contributed by atoms with E-state index in [-0.39, 0.29) is 18.1 Å². The molecule has 1 saturated carbocycles. The minimum atomic E-state index is -0.0543. The Bertz CT molecular complexity index is 756. The maximum absolute atomic E-state index is 13.0. The van der Waals surface area contributed by atoms with Crippen LogP contribution < -0.4 is 0 Å². The lowest BCUT2D eigenvalue weighted by Crippen LogP contribution is -2.48. The summed E-state index contributed by atoms with van der Waals surface area (Å²) in [6, 6.07) is 10.5. The Balaban J connectivity index is 1.50. The van der Waals surface area contributed by atoms with E-state index in [1.807, 2.05) is 13.1 Å². The second kappa shape index (κ2) is 7.21. The summed E-state index contributed by atoms with van der Waals surface area (Å²) in [6.07, 6.45) is 3.88. The third kappa shape index (κ3) is 3.39. The first kappa shape index (κ1) is 17.2. The van der Waals surface area contributed by atoms with E-state index in [1.54, 1.807) is 11.1 Å². The number of benzene rings is 1. The molecule has 4 rings (SSSR count). The second-order valence-electron chi connectivity index (χ2n) is 7.40. The molecule has 1 aliphatic carbocycles. The van der Waals surface area contributed by atoms with E-state index in [9.17, 15) is 4.79 Å². The van der Waals surface area contributed by atoms with Crippen LogP contribution in [0.25, 0.3) is 0 Å². The van der Waals surface area contributed by atoms with E-state index >= 15 is 0 Å². The first-order valence-corrected chi connectivity index (χ1v) is 9.30. The predicted molar refractivity (Wildman–Crippen MR) is 99.1 cm³/mol. The number of carbonyl (C=O) groups excluding carboxylic acids is 1. The molecule has 1 aromatic carbocycles. The highest BCUT2D eigenvalue weighted by atomic mass is 16.5. The van der Waals surface area contributed by atoms with Crippen molar-refractivity contribution >= 4 is 5.91 Å². The van der Waals surface area contributed by atoms with Crippen molar-refractivity contribution in [1.29, 1.82) is 0 Å². The summed E-state index contributed by atoms with van der Waals surface area (Å²) < 4.78 is 6.08. The normalized spacial score (nSPS) is 23.8. The lowest BCUT2D eigenvalue weighted by Gasteiger charge is -2.40. The summed E-state index contributed by atoms with van der Waals surface area (Å²) in [7, 11) is 3.97. The number of carbonyl (C=O) groups is 1. The van der Waals surface area contributed by atoms with Gasteiger partial charge in [-0.05, 0) is 25.5 Å². The Morgan fingerprint density at radius 2 is 2.12 bits per heavy atom. The van der Waals surface area contributed by atoms with Gasteiger partial charge in [0.2, 0.25) is 0 Å². The predicted octanol–water partition coefficient (Wildman–Crippen LogP) is 2.43. The van der Waals surface area contributed by atoms with Gasteiger partial charge < -0.3 is 9.64 Å². The molecular weight excluding hydrogens is 328 g/mol. The van der Waals surface area contributed by atoms with Crippen LogP contribution in [-0.4, -0.2) is 65.8 Å². The van der Waals surface area contributed by atoms with Crippen molar-refractivity contribution in [2.45, 2.75) is 30.9 Å². The van der Waals surface area contributed by atoms with E-state index in [0.29, 0.717) is 24.6 Å². The summed E-state index contributed by atoms with van der Waals surface area (Å²) in [5.74, 6) is 0.489. The molecular formula is C20H26N4O2.